The van der Waals surface area contributed by atoms with Gasteiger partial charge in [0.05, 0.1) is 11.4 Å². The zero-order chi connectivity index (χ0) is 19.3. The molecule has 0 amide bonds. The summed E-state index contributed by atoms with van der Waals surface area (Å²) in [6, 6.07) is 20.0. The van der Waals surface area contributed by atoms with Gasteiger partial charge in [0.15, 0.2) is 11.4 Å². The van der Waals surface area contributed by atoms with Crippen LogP contribution in [0.5, 0.6) is 5.75 Å². The first-order valence-electron chi connectivity index (χ1n) is 9.17. The van der Waals surface area contributed by atoms with Crippen molar-refractivity contribution in [1.82, 2.24) is 9.55 Å². The number of thiazole rings is 1. The molecule has 0 atom stereocenters. The average molecular weight is 388 g/mol. The van der Waals surface area contributed by atoms with Crippen LogP contribution in [0.15, 0.2) is 72.2 Å². The number of hydrogen-bond donors (Lipinski definition) is 0. The highest BCUT2D eigenvalue weighted by Crippen LogP contribution is 2.30. The van der Waals surface area contributed by atoms with Gasteiger partial charge in [-0.3, -0.25) is 9.36 Å². The Balaban J connectivity index is 1.57. The van der Waals surface area contributed by atoms with Gasteiger partial charge >= 0.3 is 0 Å². The first-order chi connectivity index (χ1) is 13.8. The molecule has 2 aromatic heterocycles. The molecule has 0 aliphatic heterocycles. The highest BCUT2D eigenvalue weighted by atomic mass is 32.1. The van der Waals surface area contributed by atoms with Crippen molar-refractivity contribution in [1.29, 1.82) is 0 Å². The average Bonchev–Trinajstić information content (AvgIpc) is 3.42. The van der Waals surface area contributed by atoms with Crippen LogP contribution in [0.25, 0.3) is 16.4 Å². The number of hydrogen-bond acceptors (Lipinski definition) is 4. The molecule has 28 heavy (non-hydrogen) atoms. The van der Waals surface area contributed by atoms with Crippen molar-refractivity contribution in [2.45, 2.75) is 20.0 Å². The van der Waals surface area contributed by atoms with E-state index in [9.17, 15) is 4.79 Å². The molecule has 0 radical (unpaired) electrons. The fourth-order valence-electron chi connectivity index (χ4n) is 3.06. The Labute approximate surface area is 168 Å². The van der Waals surface area contributed by atoms with Gasteiger partial charge < -0.3 is 4.74 Å². The first kappa shape index (κ1) is 18.2. The third-order valence-corrected chi connectivity index (χ3v) is 5.41. The lowest BCUT2D eigenvalue weighted by molar-refractivity contribution is 0.111. The third kappa shape index (κ3) is 3.75. The lowest BCUT2D eigenvalue weighted by Crippen LogP contribution is -1.99. The number of carbonyl (C=O) groups excluding carboxylic acids is 1. The largest absolute Gasteiger partial charge is 0.489 e. The quantitative estimate of drug-likeness (QED) is 0.390. The standard InChI is InChI=1S/C23H20N2O2S/c1-2-18-13-19(10-11-22(18)27-15-17-7-4-3-5-8-17)21-16-28-23(24-21)25-12-6-9-20(25)14-26/h3-14,16H,2,15H2,1H3. The predicted octanol–water partition coefficient (Wildman–Crippen LogP) is 5.55. The number of aryl methyl sites for hydroxylation is 1. The second-order valence-electron chi connectivity index (χ2n) is 6.39. The maximum Gasteiger partial charge on any atom is 0.194 e. The van der Waals surface area contributed by atoms with E-state index in [1.165, 1.54) is 11.3 Å². The SMILES string of the molecule is CCc1cc(-c2csc(-n3cccc3C=O)n2)ccc1OCc1ccccc1. The summed E-state index contributed by atoms with van der Waals surface area (Å²) in [5.74, 6) is 0.902. The van der Waals surface area contributed by atoms with E-state index >= 15 is 0 Å². The number of rotatable bonds is 7. The fourth-order valence-corrected chi connectivity index (χ4v) is 3.90. The molecule has 0 N–H and O–H groups in total. The van der Waals surface area contributed by atoms with E-state index in [1.54, 1.807) is 10.6 Å². The van der Waals surface area contributed by atoms with Crippen LogP contribution in [-0.4, -0.2) is 15.8 Å². The number of carbonyl (C=O) groups is 1. The molecule has 0 aliphatic carbocycles. The van der Waals surface area contributed by atoms with E-state index < -0.39 is 0 Å². The zero-order valence-electron chi connectivity index (χ0n) is 15.5. The third-order valence-electron chi connectivity index (χ3n) is 4.57. The predicted molar refractivity (Wildman–Crippen MR) is 112 cm³/mol. The summed E-state index contributed by atoms with van der Waals surface area (Å²) in [6.07, 6.45) is 3.57. The van der Waals surface area contributed by atoms with Gasteiger partial charge in [0, 0.05) is 17.1 Å². The molecule has 4 aromatic rings. The van der Waals surface area contributed by atoms with Crippen LogP contribution >= 0.6 is 11.3 Å². The topological polar surface area (TPSA) is 44.1 Å². The van der Waals surface area contributed by atoms with E-state index in [0.29, 0.717) is 12.3 Å². The van der Waals surface area contributed by atoms with Crippen molar-refractivity contribution in [3.63, 3.8) is 0 Å². The molecular formula is C23H20N2O2S. The van der Waals surface area contributed by atoms with Gasteiger partial charge in [-0.15, -0.1) is 11.3 Å². The minimum absolute atomic E-state index is 0.552. The molecule has 0 spiro atoms. The number of ether oxygens (including phenoxy) is 1. The van der Waals surface area contributed by atoms with Gasteiger partial charge in [-0.05, 0) is 47.9 Å². The van der Waals surface area contributed by atoms with Crippen LogP contribution in [0.3, 0.4) is 0 Å². The zero-order valence-corrected chi connectivity index (χ0v) is 16.4. The van der Waals surface area contributed by atoms with Crippen LogP contribution in [0.4, 0.5) is 0 Å². The van der Waals surface area contributed by atoms with E-state index in [-0.39, 0.29) is 0 Å². The van der Waals surface area contributed by atoms with E-state index in [2.05, 4.69) is 25.1 Å². The Kier molecular flexibility index (Phi) is 5.35. The highest BCUT2D eigenvalue weighted by Gasteiger charge is 2.11. The molecule has 0 unspecified atom stereocenters. The minimum atomic E-state index is 0.552. The summed E-state index contributed by atoms with van der Waals surface area (Å²) in [7, 11) is 0. The van der Waals surface area contributed by atoms with Gasteiger partial charge in [0.2, 0.25) is 0 Å². The molecular weight excluding hydrogens is 368 g/mol. The molecule has 2 aromatic carbocycles. The fraction of sp³-hybridized carbons (Fsp3) is 0.130. The Morgan fingerprint density at radius 2 is 1.96 bits per heavy atom. The Bertz CT molecular complexity index is 1080. The summed E-state index contributed by atoms with van der Waals surface area (Å²) >= 11 is 1.52. The molecule has 0 fully saturated rings. The van der Waals surface area contributed by atoms with Gasteiger partial charge in [-0.1, -0.05) is 37.3 Å². The van der Waals surface area contributed by atoms with Crippen LogP contribution < -0.4 is 4.74 Å². The maximum absolute atomic E-state index is 11.2. The van der Waals surface area contributed by atoms with Crippen molar-refractivity contribution in [3.05, 3.63) is 89.1 Å². The summed E-state index contributed by atoms with van der Waals surface area (Å²) < 4.78 is 7.84. The van der Waals surface area contributed by atoms with Crippen LogP contribution in [-0.2, 0) is 13.0 Å². The van der Waals surface area contributed by atoms with Crippen LogP contribution in [0.1, 0.15) is 28.5 Å². The molecule has 0 aliphatic rings. The van der Waals surface area contributed by atoms with Crippen LogP contribution in [0, 0.1) is 0 Å². The monoisotopic (exact) mass is 388 g/mol. The lowest BCUT2D eigenvalue weighted by Gasteiger charge is -2.12. The second kappa shape index (κ2) is 8.23. The van der Waals surface area contributed by atoms with E-state index in [0.717, 1.165) is 46.0 Å². The number of aldehydes is 1. The molecule has 0 saturated carbocycles. The maximum atomic E-state index is 11.2. The molecule has 4 rings (SSSR count). The molecule has 5 heteroatoms. The number of nitrogens with zero attached hydrogens (tertiary/aromatic N) is 2. The van der Waals surface area contributed by atoms with Gasteiger partial charge in [0.25, 0.3) is 0 Å². The molecule has 0 bridgehead atoms. The Morgan fingerprint density at radius 1 is 1.11 bits per heavy atom. The number of aromatic nitrogens is 2. The molecule has 140 valence electrons. The van der Waals surface area contributed by atoms with Crippen LogP contribution in [0.2, 0.25) is 0 Å². The molecule has 4 nitrogen and oxygen atoms in total. The Hall–Kier alpha value is -3.18. The lowest BCUT2D eigenvalue weighted by atomic mass is 10.1. The minimum Gasteiger partial charge on any atom is -0.489 e. The normalized spacial score (nSPS) is 10.8. The van der Waals surface area contributed by atoms with Crippen molar-refractivity contribution < 1.29 is 9.53 Å². The van der Waals surface area contributed by atoms with E-state index in [1.807, 2.05) is 48.0 Å². The van der Waals surface area contributed by atoms with Crippen molar-refractivity contribution in [2.75, 3.05) is 0 Å². The summed E-state index contributed by atoms with van der Waals surface area (Å²) in [4.78, 5) is 15.9. The summed E-state index contributed by atoms with van der Waals surface area (Å²) in [6.45, 7) is 2.67. The second-order valence-corrected chi connectivity index (χ2v) is 7.22. The van der Waals surface area contributed by atoms with Crippen molar-refractivity contribution in [3.8, 4) is 22.1 Å². The van der Waals surface area contributed by atoms with Gasteiger partial charge in [0.1, 0.15) is 12.4 Å². The summed E-state index contributed by atoms with van der Waals surface area (Å²) in [5, 5.41) is 2.80. The first-order valence-corrected chi connectivity index (χ1v) is 10.0. The number of benzene rings is 2. The molecule has 0 saturated heterocycles. The molecule has 2 heterocycles. The van der Waals surface area contributed by atoms with Gasteiger partial charge in [-0.25, -0.2) is 4.98 Å². The summed E-state index contributed by atoms with van der Waals surface area (Å²) in [5.41, 5.74) is 4.84. The van der Waals surface area contributed by atoms with E-state index in [4.69, 9.17) is 9.72 Å². The van der Waals surface area contributed by atoms with Gasteiger partial charge in [-0.2, -0.15) is 0 Å². The van der Waals surface area contributed by atoms with Crippen molar-refractivity contribution >= 4 is 17.6 Å². The van der Waals surface area contributed by atoms with Crippen molar-refractivity contribution in [2.24, 2.45) is 0 Å². The highest BCUT2D eigenvalue weighted by molar-refractivity contribution is 7.12. The Morgan fingerprint density at radius 3 is 2.75 bits per heavy atom. The smallest absolute Gasteiger partial charge is 0.194 e.